The summed E-state index contributed by atoms with van der Waals surface area (Å²) in [7, 11) is 0. The van der Waals surface area contributed by atoms with Gasteiger partial charge in [-0.2, -0.15) is 0 Å². The number of anilines is 1. The molecule has 19 heavy (non-hydrogen) atoms. The number of hydrogen-bond acceptors (Lipinski definition) is 3. The number of nitrogens with one attached hydrogen (secondary N) is 1. The number of halogens is 1. The first kappa shape index (κ1) is 14.6. The van der Waals surface area contributed by atoms with Gasteiger partial charge in [-0.25, -0.2) is 0 Å². The molecule has 1 aromatic rings. The van der Waals surface area contributed by atoms with Crippen molar-refractivity contribution in [2.45, 2.75) is 25.8 Å². The second-order valence-corrected chi connectivity index (χ2v) is 5.88. The molecule has 2 rings (SSSR count). The van der Waals surface area contributed by atoms with Gasteiger partial charge in [0.25, 0.3) is 0 Å². The van der Waals surface area contributed by atoms with Crippen LogP contribution in [0.1, 0.15) is 25.3 Å². The third kappa shape index (κ3) is 3.81. The van der Waals surface area contributed by atoms with Crippen molar-refractivity contribution in [3.63, 3.8) is 0 Å². The molecule has 0 bridgehead atoms. The molecule has 1 unspecified atom stereocenters. The maximum Gasteiger partial charge on any atom is 0.105 e. The molecule has 1 aliphatic heterocycles. The fourth-order valence-corrected chi connectivity index (χ4v) is 2.92. The highest BCUT2D eigenvalue weighted by atomic mass is 35.5. The van der Waals surface area contributed by atoms with Gasteiger partial charge in [0.15, 0.2) is 0 Å². The molecule has 0 aromatic heterocycles. The van der Waals surface area contributed by atoms with E-state index in [1.54, 1.807) is 0 Å². The molecule has 3 nitrogen and oxygen atoms in total. The van der Waals surface area contributed by atoms with Crippen molar-refractivity contribution < 1.29 is 0 Å². The van der Waals surface area contributed by atoms with Crippen molar-refractivity contribution in [2.24, 2.45) is 5.73 Å². The first-order chi connectivity index (χ1) is 9.08. The summed E-state index contributed by atoms with van der Waals surface area (Å²) in [5.41, 5.74) is 7.33. The zero-order valence-corrected chi connectivity index (χ0v) is 12.7. The van der Waals surface area contributed by atoms with Crippen LogP contribution in [0.4, 0.5) is 5.69 Å². The van der Waals surface area contributed by atoms with Gasteiger partial charge in [0.05, 0.1) is 5.02 Å². The average Bonchev–Trinajstić information content (AvgIpc) is 2.89. The largest absolute Gasteiger partial charge is 0.389 e. The van der Waals surface area contributed by atoms with Crippen LogP contribution in [0, 0.1) is 0 Å². The highest BCUT2D eigenvalue weighted by Gasteiger charge is 2.17. The Morgan fingerprint density at radius 1 is 1.47 bits per heavy atom. The van der Waals surface area contributed by atoms with Gasteiger partial charge < -0.3 is 11.1 Å². The van der Waals surface area contributed by atoms with Crippen LogP contribution < -0.4 is 11.1 Å². The number of rotatable bonds is 5. The van der Waals surface area contributed by atoms with Crippen LogP contribution in [0.15, 0.2) is 18.2 Å². The molecular weight excluding hydrogens is 278 g/mol. The van der Waals surface area contributed by atoms with Crippen molar-refractivity contribution >= 4 is 34.5 Å². The Hall–Kier alpha value is -0.840. The van der Waals surface area contributed by atoms with Crippen molar-refractivity contribution in [3.05, 3.63) is 28.8 Å². The predicted molar refractivity (Wildman–Crippen MR) is 86.1 cm³/mol. The molecule has 0 amide bonds. The minimum atomic E-state index is 0.335. The maximum absolute atomic E-state index is 6.15. The minimum Gasteiger partial charge on any atom is -0.389 e. The molecule has 0 aliphatic carbocycles. The van der Waals surface area contributed by atoms with Crippen LogP contribution in [-0.4, -0.2) is 35.6 Å². The number of likely N-dealkylation sites (tertiary alicyclic amines) is 1. The summed E-state index contributed by atoms with van der Waals surface area (Å²) >= 11 is 11.1. The van der Waals surface area contributed by atoms with E-state index in [0.717, 1.165) is 17.8 Å². The Bertz CT molecular complexity index is 458. The molecule has 1 saturated heterocycles. The molecule has 0 saturated carbocycles. The van der Waals surface area contributed by atoms with E-state index >= 15 is 0 Å². The quantitative estimate of drug-likeness (QED) is 0.820. The van der Waals surface area contributed by atoms with Gasteiger partial charge in [-0.3, -0.25) is 4.90 Å². The van der Waals surface area contributed by atoms with Crippen molar-refractivity contribution in [1.82, 2.24) is 4.90 Å². The normalized spacial score (nSPS) is 17.4. The molecule has 0 spiro atoms. The van der Waals surface area contributed by atoms with E-state index in [2.05, 4.69) is 17.1 Å². The zero-order chi connectivity index (χ0) is 13.8. The van der Waals surface area contributed by atoms with Gasteiger partial charge in [-0.05, 0) is 51.1 Å². The molecular formula is C14H20ClN3S. The smallest absolute Gasteiger partial charge is 0.105 e. The van der Waals surface area contributed by atoms with Crippen LogP contribution in [0.25, 0.3) is 0 Å². The number of nitrogens with zero attached hydrogens (tertiary/aromatic N) is 1. The Morgan fingerprint density at radius 2 is 2.16 bits per heavy atom. The summed E-state index contributed by atoms with van der Waals surface area (Å²) in [4.78, 5) is 2.85. The number of hydrogen-bond donors (Lipinski definition) is 2. The van der Waals surface area contributed by atoms with E-state index in [4.69, 9.17) is 29.6 Å². The number of nitrogens with two attached hydrogens (primary N) is 1. The lowest BCUT2D eigenvalue weighted by molar-refractivity contribution is 0.269. The fraction of sp³-hybridized carbons (Fsp3) is 0.500. The lowest BCUT2D eigenvalue weighted by Crippen LogP contribution is -2.35. The zero-order valence-electron chi connectivity index (χ0n) is 11.2. The van der Waals surface area contributed by atoms with Crippen molar-refractivity contribution in [2.75, 3.05) is 25.0 Å². The number of thiocarbonyl (C=S) groups is 1. The van der Waals surface area contributed by atoms with Crippen LogP contribution in [0.5, 0.6) is 0 Å². The van der Waals surface area contributed by atoms with E-state index in [-0.39, 0.29) is 0 Å². The Morgan fingerprint density at radius 3 is 2.74 bits per heavy atom. The Kier molecular flexibility index (Phi) is 5.02. The predicted octanol–water partition coefficient (Wildman–Crippen LogP) is 2.87. The van der Waals surface area contributed by atoms with E-state index in [0.29, 0.717) is 16.1 Å². The van der Waals surface area contributed by atoms with Crippen molar-refractivity contribution in [3.8, 4) is 0 Å². The van der Waals surface area contributed by atoms with E-state index in [1.807, 2.05) is 18.2 Å². The topological polar surface area (TPSA) is 41.3 Å². The highest BCUT2D eigenvalue weighted by molar-refractivity contribution is 7.80. The number of benzene rings is 1. The maximum atomic E-state index is 6.15. The first-order valence-corrected chi connectivity index (χ1v) is 7.44. The van der Waals surface area contributed by atoms with Gasteiger partial charge in [0.2, 0.25) is 0 Å². The monoisotopic (exact) mass is 297 g/mol. The first-order valence-electron chi connectivity index (χ1n) is 6.65. The Labute approximate surface area is 125 Å². The lowest BCUT2D eigenvalue weighted by Gasteiger charge is -2.24. The molecule has 3 N–H and O–H groups in total. The molecule has 1 aliphatic rings. The molecule has 1 fully saturated rings. The molecule has 1 heterocycles. The second-order valence-electron chi connectivity index (χ2n) is 5.03. The minimum absolute atomic E-state index is 0.335. The summed E-state index contributed by atoms with van der Waals surface area (Å²) in [5, 5.41) is 4.02. The van der Waals surface area contributed by atoms with Crippen LogP contribution in [-0.2, 0) is 0 Å². The molecule has 1 aromatic carbocycles. The standard InChI is InChI=1S/C14H20ClN3S/c1-10(18-6-2-3-7-18)9-17-11-4-5-12(14(16)19)13(15)8-11/h4-5,8,10,17H,2-3,6-7,9H2,1H3,(H2,16,19). The third-order valence-corrected chi connectivity index (χ3v) is 4.13. The van der Waals surface area contributed by atoms with Crippen LogP contribution >= 0.6 is 23.8 Å². The molecule has 0 radical (unpaired) electrons. The third-order valence-electron chi connectivity index (χ3n) is 3.60. The summed E-state index contributed by atoms with van der Waals surface area (Å²) in [6.07, 6.45) is 2.64. The van der Waals surface area contributed by atoms with Crippen molar-refractivity contribution in [1.29, 1.82) is 0 Å². The Balaban J connectivity index is 1.92. The molecule has 5 heteroatoms. The van der Waals surface area contributed by atoms with Gasteiger partial charge in [-0.15, -0.1) is 0 Å². The summed E-state index contributed by atoms with van der Waals surface area (Å²) in [6, 6.07) is 6.26. The second kappa shape index (κ2) is 6.55. The fourth-order valence-electron chi connectivity index (χ4n) is 2.40. The van der Waals surface area contributed by atoms with E-state index < -0.39 is 0 Å². The van der Waals surface area contributed by atoms with Crippen LogP contribution in [0.3, 0.4) is 0 Å². The summed E-state index contributed by atoms with van der Waals surface area (Å²) < 4.78 is 0. The highest BCUT2D eigenvalue weighted by Crippen LogP contribution is 2.21. The molecule has 104 valence electrons. The van der Waals surface area contributed by atoms with Gasteiger partial charge >= 0.3 is 0 Å². The van der Waals surface area contributed by atoms with Crippen LogP contribution in [0.2, 0.25) is 5.02 Å². The van der Waals surface area contributed by atoms with Gasteiger partial charge in [0.1, 0.15) is 4.99 Å². The van der Waals surface area contributed by atoms with Gasteiger partial charge in [-0.1, -0.05) is 23.8 Å². The summed E-state index contributed by atoms with van der Waals surface area (Å²) in [5.74, 6) is 0. The van der Waals surface area contributed by atoms with E-state index in [1.165, 1.54) is 25.9 Å². The summed E-state index contributed by atoms with van der Waals surface area (Å²) in [6.45, 7) is 5.60. The SMILES string of the molecule is CC(CNc1ccc(C(N)=S)c(Cl)c1)N1CCCC1. The average molecular weight is 298 g/mol. The lowest BCUT2D eigenvalue weighted by atomic mass is 10.2. The van der Waals surface area contributed by atoms with E-state index in [9.17, 15) is 0 Å². The van der Waals surface area contributed by atoms with Gasteiger partial charge in [0, 0.05) is 23.8 Å². The molecule has 1 atom stereocenters.